The second-order valence-corrected chi connectivity index (χ2v) is 2.77. The maximum absolute atomic E-state index is 11.0. The number of carbonyl (C=O) groups excluding carboxylic acids is 1. The van der Waals surface area contributed by atoms with Crippen molar-refractivity contribution in [3.05, 3.63) is 0 Å². The summed E-state index contributed by atoms with van der Waals surface area (Å²) in [5.74, 6) is 0.139. The van der Waals surface area contributed by atoms with E-state index in [0.29, 0.717) is 6.04 Å². The average Bonchev–Trinajstić information content (AvgIpc) is 1.94. The molecule has 0 aromatic heterocycles. The summed E-state index contributed by atoms with van der Waals surface area (Å²) in [5.41, 5.74) is 0. The standard InChI is InChI=1S/C7H14N2O/c1-3-6-7(10)8-4-5(2)9-6/h5-6,9H,3-4H2,1-2H3,(H,8,10)/t5-,6-/m1/s1. The van der Waals surface area contributed by atoms with Crippen molar-refractivity contribution in [3.8, 4) is 0 Å². The minimum absolute atomic E-state index is 0.0312. The molecule has 1 rings (SSSR count). The molecule has 1 aliphatic heterocycles. The van der Waals surface area contributed by atoms with Gasteiger partial charge >= 0.3 is 0 Å². The quantitative estimate of drug-likeness (QED) is 0.535. The van der Waals surface area contributed by atoms with E-state index in [1.54, 1.807) is 0 Å². The summed E-state index contributed by atoms with van der Waals surface area (Å²) >= 11 is 0. The van der Waals surface area contributed by atoms with Crippen LogP contribution in [0.1, 0.15) is 20.3 Å². The zero-order valence-electron chi connectivity index (χ0n) is 6.48. The van der Waals surface area contributed by atoms with Crippen LogP contribution in [-0.2, 0) is 4.79 Å². The van der Waals surface area contributed by atoms with E-state index < -0.39 is 0 Å². The summed E-state index contributed by atoms with van der Waals surface area (Å²) < 4.78 is 0. The summed E-state index contributed by atoms with van der Waals surface area (Å²) in [7, 11) is 0. The van der Waals surface area contributed by atoms with Gasteiger partial charge in [-0.2, -0.15) is 0 Å². The normalized spacial score (nSPS) is 33.6. The molecule has 0 aromatic rings. The van der Waals surface area contributed by atoms with Crippen molar-refractivity contribution in [1.82, 2.24) is 10.6 Å². The lowest BCUT2D eigenvalue weighted by Gasteiger charge is -2.27. The van der Waals surface area contributed by atoms with Gasteiger partial charge in [0.2, 0.25) is 5.91 Å². The van der Waals surface area contributed by atoms with Crippen LogP contribution in [0.25, 0.3) is 0 Å². The Balaban J connectivity index is 2.45. The predicted molar refractivity (Wildman–Crippen MR) is 39.7 cm³/mol. The smallest absolute Gasteiger partial charge is 0.237 e. The lowest BCUT2D eigenvalue weighted by Crippen LogP contribution is -2.56. The molecular weight excluding hydrogens is 128 g/mol. The first-order chi connectivity index (χ1) is 4.74. The van der Waals surface area contributed by atoms with Crippen molar-refractivity contribution in [3.63, 3.8) is 0 Å². The number of carbonyl (C=O) groups is 1. The lowest BCUT2D eigenvalue weighted by molar-refractivity contribution is -0.124. The third-order valence-corrected chi connectivity index (χ3v) is 1.79. The highest BCUT2D eigenvalue weighted by Crippen LogP contribution is 1.98. The van der Waals surface area contributed by atoms with E-state index in [2.05, 4.69) is 17.6 Å². The van der Waals surface area contributed by atoms with E-state index in [-0.39, 0.29) is 11.9 Å². The van der Waals surface area contributed by atoms with Gasteiger partial charge < -0.3 is 10.6 Å². The van der Waals surface area contributed by atoms with E-state index in [9.17, 15) is 4.79 Å². The Bertz CT molecular complexity index is 136. The molecule has 0 aromatic carbocycles. The zero-order chi connectivity index (χ0) is 7.56. The fourth-order valence-electron chi connectivity index (χ4n) is 1.16. The van der Waals surface area contributed by atoms with Gasteiger partial charge in [0.15, 0.2) is 0 Å². The molecule has 0 unspecified atom stereocenters. The van der Waals surface area contributed by atoms with Gasteiger partial charge in [0.05, 0.1) is 6.04 Å². The molecule has 1 saturated heterocycles. The van der Waals surface area contributed by atoms with Crippen LogP contribution in [0, 0.1) is 0 Å². The highest BCUT2D eigenvalue weighted by molar-refractivity contribution is 5.82. The van der Waals surface area contributed by atoms with Crippen molar-refractivity contribution in [2.45, 2.75) is 32.4 Å². The summed E-state index contributed by atoms with van der Waals surface area (Å²) in [6, 6.07) is 0.450. The molecule has 0 aliphatic carbocycles. The molecule has 3 heteroatoms. The first-order valence-electron chi connectivity index (χ1n) is 3.77. The van der Waals surface area contributed by atoms with Gasteiger partial charge in [0.1, 0.15) is 0 Å². The monoisotopic (exact) mass is 142 g/mol. The average molecular weight is 142 g/mol. The van der Waals surface area contributed by atoms with E-state index in [1.807, 2.05) is 6.92 Å². The highest BCUT2D eigenvalue weighted by atomic mass is 16.2. The maximum atomic E-state index is 11.0. The summed E-state index contributed by atoms with van der Waals surface area (Å²) in [5, 5.41) is 6.04. The molecule has 1 amide bonds. The molecule has 0 saturated carbocycles. The largest absolute Gasteiger partial charge is 0.353 e. The summed E-state index contributed by atoms with van der Waals surface area (Å²) in [6.07, 6.45) is 0.871. The second-order valence-electron chi connectivity index (χ2n) is 2.77. The van der Waals surface area contributed by atoms with E-state index in [0.717, 1.165) is 13.0 Å². The maximum Gasteiger partial charge on any atom is 0.237 e. The van der Waals surface area contributed by atoms with Crippen LogP contribution < -0.4 is 10.6 Å². The van der Waals surface area contributed by atoms with E-state index in [4.69, 9.17) is 0 Å². The Labute approximate surface area is 61.2 Å². The molecule has 2 atom stereocenters. The highest BCUT2D eigenvalue weighted by Gasteiger charge is 2.22. The van der Waals surface area contributed by atoms with Crippen LogP contribution in [0.4, 0.5) is 0 Å². The molecule has 58 valence electrons. The molecule has 1 aliphatic rings. The molecular formula is C7H14N2O. The fraction of sp³-hybridized carbons (Fsp3) is 0.857. The van der Waals surface area contributed by atoms with Gasteiger partial charge in [-0.1, -0.05) is 6.92 Å². The summed E-state index contributed by atoms with van der Waals surface area (Å²) in [4.78, 5) is 11.0. The van der Waals surface area contributed by atoms with Crippen LogP contribution in [0.2, 0.25) is 0 Å². The van der Waals surface area contributed by atoms with Crippen LogP contribution in [-0.4, -0.2) is 24.5 Å². The molecule has 10 heavy (non-hydrogen) atoms. The fourth-order valence-corrected chi connectivity index (χ4v) is 1.16. The van der Waals surface area contributed by atoms with Gasteiger partial charge in [-0.3, -0.25) is 4.79 Å². The van der Waals surface area contributed by atoms with Gasteiger partial charge in [-0.15, -0.1) is 0 Å². The Morgan fingerprint density at radius 2 is 2.40 bits per heavy atom. The summed E-state index contributed by atoms with van der Waals surface area (Å²) in [6.45, 7) is 4.84. The first kappa shape index (κ1) is 7.54. The first-order valence-corrected chi connectivity index (χ1v) is 3.77. The zero-order valence-corrected chi connectivity index (χ0v) is 6.48. The minimum atomic E-state index is 0.0312. The van der Waals surface area contributed by atoms with Crippen LogP contribution >= 0.6 is 0 Å². The van der Waals surface area contributed by atoms with Gasteiger partial charge in [0, 0.05) is 12.6 Å². The van der Waals surface area contributed by atoms with Crippen molar-refractivity contribution in [2.24, 2.45) is 0 Å². The molecule has 1 heterocycles. The van der Waals surface area contributed by atoms with Crippen molar-refractivity contribution >= 4 is 5.91 Å². The van der Waals surface area contributed by atoms with Gasteiger partial charge in [-0.05, 0) is 13.3 Å². The molecule has 0 bridgehead atoms. The molecule has 0 radical (unpaired) electrons. The van der Waals surface area contributed by atoms with Crippen molar-refractivity contribution < 1.29 is 4.79 Å². The van der Waals surface area contributed by atoms with Gasteiger partial charge in [0.25, 0.3) is 0 Å². The van der Waals surface area contributed by atoms with Crippen molar-refractivity contribution in [1.29, 1.82) is 0 Å². The Morgan fingerprint density at radius 3 is 2.90 bits per heavy atom. The number of amides is 1. The number of piperazine rings is 1. The molecule has 0 spiro atoms. The number of hydrogen-bond acceptors (Lipinski definition) is 2. The minimum Gasteiger partial charge on any atom is -0.353 e. The molecule has 1 fully saturated rings. The number of nitrogens with one attached hydrogen (secondary N) is 2. The van der Waals surface area contributed by atoms with Crippen LogP contribution in [0.5, 0.6) is 0 Å². The topological polar surface area (TPSA) is 41.1 Å². The SMILES string of the molecule is CC[C@H]1N[C@H](C)CNC1=O. The van der Waals surface area contributed by atoms with Crippen molar-refractivity contribution in [2.75, 3.05) is 6.54 Å². The van der Waals surface area contributed by atoms with Gasteiger partial charge in [-0.25, -0.2) is 0 Å². The van der Waals surface area contributed by atoms with Crippen LogP contribution in [0.3, 0.4) is 0 Å². The molecule has 3 nitrogen and oxygen atoms in total. The van der Waals surface area contributed by atoms with E-state index in [1.165, 1.54) is 0 Å². The third-order valence-electron chi connectivity index (χ3n) is 1.79. The predicted octanol–water partition coefficient (Wildman–Crippen LogP) is -0.127. The second kappa shape index (κ2) is 3.01. The van der Waals surface area contributed by atoms with E-state index >= 15 is 0 Å². The Kier molecular flexibility index (Phi) is 2.27. The lowest BCUT2D eigenvalue weighted by atomic mass is 10.1. The number of rotatable bonds is 1. The van der Waals surface area contributed by atoms with Crippen LogP contribution in [0.15, 0.2) is 0 Å². The number of hydrogen-bond donors (Lipinski definition) is 2. The third kappa shape index (κ3) is 1.48. The molecule has 2 N–H and O–H groups in total. The Morgan fingerprint density at radius 1 is 1.70 bits per heavy atom. The Hall–Kier alpha value is -0.570.